The summed E-state index contributed by atoms with van der Waals surface area (Å²) in [4.78, 5) is 12.9. The fourth-order valence-electron chi connectivity index (χ4n) is 3.30. The van der Waals surface area contributed by atoms with E-state index in [4.69, 9.17) is 20.5 Å². The maximum absolute atomic E-state index is 12.9. The number of aliphatic hydroxyl groups is 1. The summed E-state index contributed by atoms with van der Waals surface area (Å²) >= 11 is 6.25. The Bertz CT molecular complexity index is 962. The molecular weight excluding hydrogens is 368 g/mol. The van der Waals surface area contributed by atoms with E-state index in [-0.39, 0.29) is 18.4 Å². The van der Waals surface area contributed by atoms with Crippen LogP contribution in [0.25, 0.3) is 11.3 Å². The number of nitrogens with zero attached hydrogens (tertiary/aromatic N) is 1. The largest absolute Gasteiger partial charge is 0.466 e. The van der Waals surface area contributed by atoms with E-state index in [2.05, 4.69) is 10.5 Å². The lowest BCUT2D eigenvalue weighted by atomic mass is 9.94. The Labute approximate surface area is 161 Å². The quantitative estimate of drug-likeness (QED) is 0.670. The van der Waals surface area contributed by atoms with E-state index < -0.39 is 5.60 Å². The first kappa shape index (κ1) is 17.8. The number of nitrogens with one attached hydrogen (secondary N) is 1. The SMILES string of the molecule is Cc1onc(-c2ccccc2Cl)c1C(=O)NC[C@](O)(c1ccco1)C1CC1. The van der Waals surface area contributed by atoms with Crippen molar-refractivity contribution in [3.8, 4) is 11.3 Å². The zero-order valence-electron chi connectivity index (χ0n) is 14.7. The molecule has 1 amide bonds. The van der Waals surface area contributed by atoms with Crippen LogP contribution in [0.4, 0.5) is 0 Å². The molecule has 0 spiro atoms. The van der Waals surface area contributed by atoms with Gasteiger partial charge in [-0.3, -0.25) is 4.79 Å². The Kier molecular flexibility index (Phi) is 4.53. The van der Waals surface area contributed by atoms with Crippen molar-refractivity contribution in [2.24, 2.45) is 5.92 Å². The Morgan fingerprint density at radius 2 is 2.11 bits per heavy atom. The number of amides is 1. The number of carbonyl (C=O) groups is 1. The van der Waals surface area contributed by atoms with Gasteiger partial charge in [-0.05, 0) is 43.9 Å². The average Bonchev–Trinajstić information content (AvgIpc) is 3.23. The number of hydrogen-bond acceptors (Lipinski definition) is 5. The van der Waals surface area contributed by atoms with Crippen LogP contribution < -0.4 is 5.32 Å². The van der Waals surface area contributed by atoms with Gasteiger partial charge in [-0.15, -0.1) is 0 Å². The number of carbonyl (C=O) groups excluding carboxylic acids is 1. The monoisotopic (exact) mass is 386 g/mol. The van der Waals surface area contributed by atoms with Crippen LogP contribution in [0.15, 0.2) is 51.6 Å². The minimum atomic E-state index is -1.23. The van der Waals surface area contributed by atoms with Crippen molar-refractivity contribution in [1.29, 1.82) is 0 Å². The molecule has 1 saturated carbocycles. The molecule has 1 aliphatic carbocycles. The minimum Gasteiger partial charge on any atom is -0.466 e. The van der Waals surface area contributed by atoms with Crippen LogP contribution in [0.3, 0.4) is 0 Å². The number of aryl methyl sites for hydroxylation is 1. The van der Waals surface area contributed by atoms with Gasteiger partial charge in [-0.2, -0.15) is 0 Å². The van der Waals surface area contributed by atoms with Gasteiger partial charge < -0.3 is 19.4 Å². The molecular formula is C20H19ClN2O4. The highest BCUT2D eigenvalue weighted by Gasteiger charge is 2.47. The van der Waals surface area contributed by atoms with Crippen LogP contribution in [-0.4, -0.2) is 22.7 Å². The van der Waals surface area contributed by atoms with Gasteiger partial charge in [0.15, 0.2) is 0 Å². The molecule has 1 fully saturated rings. The fourth-order valence-corrected chi connectivity index (χ4v) is 3.52. The molecule has 27 heavy (non-hydrogen) atoms. The average molecular weight is 387 g/mol. The molecule has 2 N–H and O–H groups in total. The van der Waals surface area contributed by atoms with Gasteiger partial charge in [-0.1, -0.05) is 35.0 Å². The summed E-state index contributed by atoms with van der Waals surface area (Å²) in [6, 6.07) is 10.6. The van der Waals surface area contributed by atoms with Crippen LogP contribution in [0.5, 0.6) is 0 Å². The maximum Gasteiger partial charge on any atom is 0.257 e. The van der Waals surface area contributed by atoms with Gasteiger partial charge in [0.2, 0.25) is 0 Å². The van der Waals surface area contributed by atoms with Crippen molar-refractivity contribution in [3.05, 3.63) is 64.8 Å². The standard InChI is InChI=1S/C20H19ClN2O4/c1-12-17(18(23-27-12)14-5-2-3-6-15(14)21)19(24)22-11-20(25,13-8-9-13)16-7-4-10-26-16/h2-7,10,13,25H,8-9,11H2,1H3,(H,22,24)/t20-/m1/s1. The molecule has 1 aliphatic rings. The molecule has 3 aromatic rings. The van der Waals surface area contributed by atoms with E-state index in [1.807, 2.05) is 6.07 Å². The molecule has 2 heterocycles. The van der Waals surface area contributed by atoms with Crippen molar-refractivity contribution < 1.29 is 18.8 Å². The van der Waals surface area contributed by atoms with E-state index in [0.717, 1.165) is 12.8 Å². The molecule has 140 valence electrons. The van der Waals surface area contributed by atoms with Crippen molar-refractivity contribution >= 4 is 17.5 Å². The summed E-state index contributed by atoms with van der Waals surface area (Å²) in [6.45, 7) is 1.71. The van der Waals surface area contributed by atoms with Crippen molar-refractivity contribution in [2.45, 2.75) is 25.4 Å². The highest BCUT2D eigenvalue weighted by atomic mass is 35.5. The molecule has 6 nitrogen and oxygen atoms in total. The molecule has 0 aliphatic heterocycles. The van der Waals surface area contributed by atoms with Gasteiger partial charge in [0.1, 0.15) is 28.4 Å². The molecule has 0 bridgehead atoms. The molecule has 4 rings (SSSR count). The number of rotatable bonds is 6. The summed E-state index contributed by atoms with van der Waals surface area (Å²) in [5.41, 5.74) is 0.0725. The van der Waals surface area contributed by atoms with Gasteiger partial charge in [0, 0.05) is 5.56 Å². The lowest BCUT2D eigenvalue weighted by Crippen LogP contribution is -2.42. The first-order valence-electron chi connectivity index (χ1n) is 8.76. The highest BCUT2D eigenvalue weighted by Crippen LogP contribution is 2.45. The number of benzene rings is 1. The second-order valence-corrected chi connectivity index (χ2v) is 7.21. The molecule has 1 aromatic carbocycles. The molecule has 2 aromatic heterocycles. The third-order valence-corrected chi connectivity index (χ3v) is 5.27. The number of furan rings is 1. The molecule has 0 unspecified atom stereocenters. The summed E-state index contributed by atoms with van der Waals surface area (Å²) in [5, 5.41) is 18.4. The Balaban J connectivity index is 1.59. The van der Waals surface area contributed by atoms with Gasteiger partial charge >= 0.3 is 0 Å². The summed E-state index contributed by atoms with van der Waals surface area (Å²) in [7, 11) is 0. The normalized spacial score (nSPS) is 16.1. The van der Waals surface area contributed by atoms with Crippen LogP contribution >= 0.6 is 11.6 Å². The van der Waals surface area contributed by atoms with Crippen LogP contribution in [0.2, 0.25) is 5.02 Å². The maximum atomic E-state index is 12.9. The molecule has 1 atom stereocenters. The molecule has 0 radical (unpaired) electrons. The molecule has 7 heteroatoms. The van der Waals surface area contributed by atoms with Gasteiger partial charge in [0.05, 0.1) is 17.8 Å². The first-order chi connectivity index (χ1) is 13.0. The van der Waals surface area contributed by atoms with E-state index in [0.29, 0.717) is 33.4 Å². The minimum absolute atomic E-state index is 0.0383. The summed E-state index contributed by atoms with van der Waals surface area (Å²) in [5.74, 6) is 0.527. The van der Waals surface area contributed by atoms with E-state index in [1.54, 1.807) is 37.3 Å². The lowest BCUT2D eigenvalue weighted by molar-refractivity contribution is -0.00611. The van der Waals surface area contributed by atoms with Crippen LogP contribution in [0.1, 0.15) is 34.7 Å². The van der Waals surface area contributed by atoms with Crippen LogP contribution in [-0.2, 0) is 5.60 Å². The summed E-state index contributed by atoms with van der Waals surface area (Å²) < 4.78 is 10.6. The molecule has 0 saturated heterocycles. The Hall–Kier alpha value is -2.57. The number of aromatic nitrogens is 1. The van der Waals surface area contributed by atoms with Crippen molar-refractivity contribution in [2.75, 3.05) is 6.54 Å². The van der Waals surface area contributed by atoms with Gasteiger partial charge in [0.25, 0.3) is 5.91 Å². The second-order valence-electron chi connectivity index (χ2n) is 6.80. The van der Waals surface area contributed by atoms with E-state index in [9.17, 15) is 9.90 Å². The second kappa shape index (κ2) is 6.87. The highest BCUT2D eigenvalue weighted by molar-refractivity contribution is 6.33. The number of halogens is 1. The summed E-state index contributed by atoms with van der Waals surface area (Å²) in [6.07, 6.45) is 3.30. The fraction of sp³-hybridized carbons (Fsp3) is 0.300. The van der Waals surface area contributed by atoms with Gasteiger partial charge in [-0.25, -0.2) is 0 Å². The smallest absolute Gasteiger partial charge is 0.257 e. The zero-order chi connectivity index (χ0) is 19.0. The third-order valence-electron chi connectivity index (χ3n) is 4.94. The topological polar surface area (TPSA) is 88.5 Å². The Morgan fingerprint density at radius 3 is 2.78 bits per heavy atom. The first-order valence-corrected chi connectivity index (χ1v) is 9.14. The number of hydrogen-bond donors (Lipinski definition) is 2. The lowest BCUT2D eigenvalue weighted by Gasteiger charge is -2.26. The van der Waals surface area contributed by atoms with Crippen molar-refractivity contribution in [3.63, 3.8) is 0 Å². The predicted molar refractivity (Wildman–Crippen MR) is 99.3 cm³/mol. The van der Waals surface area contributed by atoms with Crippen LogP contribution in [0, 0.1) is 12.8 Å². The zero-order valence-corrected chi connectivity index (χ0v) is 15.5. The van der Waals surface area contributed by atoms with E-state index in [1.165, 1.54) is 6.26 Å². The van der Waals surface area contributed by atoms with Crippen molar-refractivity contribution in [1.82, 2.24) is 10.5 Å². The Morgan fingerprint density at radius 1 is 1.33 bits per heavy atom. The third kappa shape index (κ3) is 3.26. The van der Waals surface area contributed by atoms with E-state index >= 15 is 0 Å². The predicted octanol–water partition coefficient (Wildman–Crippen LogP) is 3.92.